The molecule has 0 aliphatic heterocycles. The summed E-state index contributed by atoms with van der Waals surface area (Å²) in [5.41, 5.74) is 1.13. The van der Waals surface area contributed by atoms with Gasteiger partial charge in [0.25, 0.3) is 5.91 Å². The molecular weight excluding hydrogens is 322 g/mol. The van der Waals surface area contributed by atoms with Gasteiger partial charge in [-0.05, 0) is 31.5 Å². The first-order valence-corrected chi connectivity index (χ1v) is 8.29. The summed E-state index contributed by atoms with van der Waals surface area (Å²) >= 11 is 0. The van der Waals surface area contributed by atoms with Crippen LogP contribution in [0.3, 0.4) is 0 Å². The third-order valence-electron chi connectivity index (χ3n) is 3.22. The highest BCUT2D eigenvalue weighted by Gasteiger charge is 2.21. The van der Waals surface area contributed by atoms with Crippen LogP contribution >= 0.6 is 0 Å². The third kappa shape index (κ3) is 3.51. The monoisotopic (exact) mass is 339 g/mol. The number of nitrogens with one attached hydrogen (secondary N) is 1. The van der Waals surface area contributed by atoms with E-state index in [1.54, 1.807) is 6.92 Å². The van der Waals surface area contributed by atoms with Crippen molar-refractivity contribution in [3.05, 3.63) is 35.2 Å². The lowest BCUT2D eigenvalue weighted by atomic mass is 10.1. The van der Waals surface area contributed by atoms with Crippen molar-refractivity contribution >= 4 is 21.6 Å². The Kier molecular flexibility index (Phi) is 4.71. The number of rotatable bonds is 5. The number of sulfonamides is 1. The minimum Gasteiger partial charge on any atom is -0.495 e. The second-order valence-corrected chi connectivity index (χ2v) is 6.31. The number of carbonyl (C=O) groups excluding carboxylic acids is 1. The molecule has 0 bridgehead atoms. The van der Waals surface area contributed by atoms with Crippen molar-refractivity contribution in [2.24, 2.45) is 5.14 Å². The minimum absolute atomic E-state index is 0.0981. The number of aryl methyl sites for hydroxylation is 2. The summed E-state index contributed by atoms with van der Waals surface area (Å²) in [5, 5.41) is 11.6. The van der Waals surface area contributed by atoms with Gasteiger partial charge in [-0.3, -0.25) is 4.79 Å². The van der Waals surface area contributed by atoms with E-state index in [0.29, 0.717) is 23.4 Å². The number of ether oxygens (including phenoxy) is 1. The molecule has 2 aromatic rings. The molecule has 1 heterocycles. The van der Waals surface area contributed by atoms with E-state index >= 15 is 0 Å². The molecule has 9 heteroatoms. The summed E-state index contributed by atoms with van der Waals surface area (Å²) in [5.74, 6) is 0.0478. The predicted molar refractivity (Wildman–Crippen MR) is 82.9 cm³/mol. The van der Waals surface area contributed by atoms with Crippen LogP contribution in [0.5, 0.6) is 5.75 Å². The molecule has 124 valence electrons. The average Bonchev–Trinajstić information content (AvgIpc) is 2.87. The molecule has 0 atom stereocenters. The highest BCUT2D eigenvalue weighted by atomic mass is 32.2. The third-order valence-corrected chi connectivity index (χ3v) is 4.16. The van der Waals surface area contributed by atoms with Crippen molar-refractivity contribution in [3.63, 3.8) is 0 Å². The van der Waals surface area contributed by atoms with E-state index in [9.17, 15) is 13.2 Å². The summed E-state index contributed by atoms with van der Waals surface area (Å²) in [4.78, 5) is 12.2. The summed E-state index contributed by atoms with van der Waals surface area (Å²) in [6.45, 7) is 3.48. The Balaban J connectivity index is 2.37. The van der Waals surface area contributed by atoms with Crippen LogP contribution in [0.4, 0.5) is 5.69 Å². The van der Waals surface area contributed by atoms with Crippen LogP contribution in [-0.4, -0.2) is 26.6 Å². The maximum atomic E-state index is 12.4. The molecule has 2 rings (SSSR count). The van der Waals surface area contributed by atoms with Gasteiger partial charge in [0.2, 0.25) is 10.0 Å². The summed E-state index contributed by atoms with van der Waals surface area (Å²) in [6, 6.07) is 4.16. The molecule has 0 aliphatic carbocycles. The number of primary sulfonamides is 1. The summed E-state index contributed by atoms with van der Waals surface area (Å²) in [7, 11) is -2.66. The van der Waals surface area contributed by atoms with Gasteiger partial charge in [0, 0.05) is 5.69 Å². The lowest BCUT2D eigenvalue weighted by molar-refractivity contribution is 0.102. The van der Waals surface area contributed by atoms with Gasteiger partial charge < -0.3 is 14.6 Å². The second kappa shape index (κ2) is 6.39. The average molecular weight is 339 g/mol. The van der Waals surface area contributed by atoms with Crippen molar-refractivity contribution in [2.45, 2.75) is 25.2 Å². The molecule has 0 saturated carbocycles. The molecule has 8 nitrogen and oxygen atoms in total. The van der Waals surface area contributed by atoms with Gasteiger partial charge in [0.15, 0.2) is 0 Å². The molecule has 0 fully saturated rings. The zero-order valence-electron chi connectivity index (χ0n) is 12.9. The Bertz CT molecular complexity index is 842. The molecule has 0 spiro atoms. The standard InChI is InChI=1S/C14H17N3O5S/c1-4-10-13(8(2)22-17-10)14(18)16-9-5-6-11(21-3)12(7-9)23(15,19)20/h5-7H,4H2,1-3H3,(H,16,18)(H2,15,19,20). The number of nitrogens with two attached hydrogens (primary N) is 1. The number of anilines is 1. The maximum Gasteiger partial charge on any atom is 0.261 e. The van der Waals surface area contributed by atoms with E-state index in [1.165, 1.54) is 25.3 Å². The van der Waals surface area contributed by atoms with Gasteiger partial charge in [-0.15, -0.1) is 0 Å². The van der Waals surface area contributed by atoms with Crippen molar-refractivity contribution in [1.29, 1.82) is 0 Å². The topological polar surface area (TPSA) is 125 Å². The SMILES string of the molecule is CCc1noc(C)c1C(=O)Nc1ccc(OC)c(S(N)(=O)=O)c1. The molecule has 1 aromatic heterocycles. The number of amides is 1. The van der Waals surface area contributed by atoms with Crippen LogP contribution in [0.15, 0.2) is 27.6 Å². The zero-order valence-corrected chi connectivity index (χ0v) is 13.7. The molecular formula is C14H17N3O5S. The van der Waals surface area contributed by atoms with Gasteiger partial charge in [-0.1, -0.05) is 12.1 Å². The fraction of sp³-hybridized carbons (Fsp3) is 0.286. The molecule has 0 aliphatic rings. The molecule has 1 amide bonds. The highest BCUT2D eigenvalue weighted by Crippen LogP contribution is 2.26. The first kappa shape index (κ1) is 17.0. The number of carbonyl (C=O) groups is 1. The fourth-order valence-corrected chi connectivity index (χ4v) is 2.84. The van der Waals surface area contributed by atoms with Gasteiger partial charge in [-0.25, -0.2) is 13.6 Å². The fourth-order valence-electron chi connectivity index (χ4n) is 2.12. The lowest BCUT2D eigenvalue weighted by Gasteiger charge is -2.10. The van der Waals surface area contributed by atoms with Crippen molar-refractivity contribution in [3.8, 4) is 5.75 Å². The van der Waals surface area contributed by atoms with Crippen molar-refractivity contribution in [2.75, 3.05) is 12.4 Å². The Morgan fingerprint density at radius 2 is 2.13 bits per heavy atom. The number of hydrogen-bond acceptors (Lipinski definition) is 6. The first-order chi connectivity index (χ1) is 10.8. The Labute approximate surface area is 133 Å². The Hall–Kier alpha value is -2.39. The number of nitrogens with zero attached hydrogens (tertiary/aromatic N) is 1. The molecule has 0 saturated heterocycles. The van der Waals surface area contributed by atoms with Crippen LogP contribution in [0, 0.1) is 6.92 Å². The largest absolute Gasteiger partial charge is 0.495 e. The molecule has 0 unspecified atom stereocenters. The summed E-state index contributed by atoms with van der Waals surface area (Å²) in [6.07, 6.45) is 0.533. The lowest BCUT2D eigenvalue weighted by Crippen LogP contribution is -2.17. The van der Waals surface area contributed by atoms with E-state index in [1.807, 2.05) is 6.92 Å². The second-order valence-electron chi connectivity index (χ2n) is 4.78. The highest BCUT2D eigenvalue weighted by molar-refractivity contribution is 7.89. The number of hydrogen-bond donors (Lipinski definition) is 2. The first-order valence-electron chi connectivity index (χ1n) is 6.75. The molecule has 3 N–H and O–H groups in total. The van der Waals surface area contributed by atoms with Crippen LogP contribution < -0.4 is 15.2 Å². The van der Waals surface area contributed by atoms with Gasteiger partial charge in [0.1, 0.15) is 22.0 Å². The Morgan fingerprint density at radius 1 is 1.43 bits per heavy atom. The van der Waals surface area contributed by atoms with E-state index in [4.69, 9.17) is 14.4 Å². The minimum atomic E-state index is -3.99. The van der Waals surface area contributed by atoms with Gasteiger partial charge in [0.05, 0.1) is 12.8 Å². The van der Waals surface area contributed by atoms with Crippen LogP contribution in [0.2, 0.25) is 0 Å². The number of benzene rings is 1. The zero-order chi connectivity index (χ0) is 17.2. The van der Waals surface area contributed by atoms with Crippen LogP contribution in [0.1, 0.15) is 28.7 Å². The number of aromatic nitrogens is 1. The molecule has 0 radical (unpaired) electrons. The number of methoxy groups -OCH3 is 1. The normalized spacial score (nSPS) is 11.3. The predicted octanol–water partition coefficient (Wildman–Crippen LogP) is 1.45. The molecule has 23 heavy (non-hydrogen) atoms. The van der Waals surface area contributed by atoms with Crippen LogP contribution in [0.25, 0.3) is 0 Å². The van der Waals surface area contributed by atoms with Gasteiger partial charge in [-0.2, -0.15) is 0 Å². The Morgan fingerprint density at radius 3 is 2.70 bits per heavy atom. The summed E-state index contributed by atoms with van der Waals surface area (Å²) < 4.78 is 33.2. The van der Waals surface area contributed by atoms with E-state index in [-0.39, 0.29) is 16.3 Å². The van der Waals surface area contributed by atoms with Crippen LogP contribution in [-0.2, 0) is 16.4 Å². The van der Waals surface area contributed by atoms with E-state index < -0.39 is 15.9 Å². The quantitative estimate of drug-likeness (QED) is 0.849. The van der Waals surface area contributed by atoms with Crippen molar-refractivity contribution in [1.82, 2.24) is 5.16 Å². The maximum absolute atomic E-state index is 12.4. The van der Waals surface area contributed by atoms with E-state index in [0.717, 1.165) is 0 Å². The van der Waals surface area contributed by atoms with Crippen molar-refractivity contribution < 1.29 is 22.5 Å². The van der Waals surface area contributed by atoms with Gasteiger partial charge >= 0.3 is 0 Å². The van der Waals surface area contributed by atoms with E-state index in [2.05, 4.69) is 10.5 Å². The smallest absolute Gasteiger partial charge is 0.261 e. The molecule has 1 aromatic carbocycles.